The number of hydrogen-bond acceptors (Lipinski definition) is 7. The number of nitrogens with zero attached hydrogens (tertiary/aromatic N) is 4. The first-order valence-corrected chi connectivity index (χ1v) is 35.3. The average molecular weight is 1120 g/mol. The van der Waals surface area contributed by atoms with E-state index in [2.05, 4.69) is 131 Å². The lowest BCUT2D eigenvalue weighted by Gasteiger charge is -2.44. The van der Waals surface area contributed by atoms with Gasteiger partial charge in [0.05, 0.1) is 72.7 Å². The van der Waals surface area contributed by atoms with E-state index in [1.807, 2.05) is 26.8 Å². The van der Waals surface area contributed by atoms with Gasteiger partial charge in [0.15, 0.2) is 0 Å². The SMILES string of the molecule is CCCCC(CC)CN1C(=O)C2=C(c3cc([Si](C(C)C)(C(C)C)C(C)C)c(C4=C5C(=O)N(CC(CC)CCCC)C(c6cccs6)=C5C(=O)N4CC(CC)CCCC)s3)N(CC(CC)CCCC)C(=O)C2=C1c1cccs1. The number of hydrogen-bond donors (Lipinski definition) is 0. The summed E-state index contributed by atoms with van der Waals surface area (Å²) in [7, 11) is -2.66. The van der Waals surface area contributed by atoms with Crippen molar-refractivity contribution >= 4 is 93.7 Å². The van der Waals surface area contributed by atoms with Crippen LogP contribution in [0.2, 0.25) is 16.6 Å². The van der Waals surface area contributed by atoms with Crippen LogP contribution in [0, 0.1) is 23.7 Å². The molecule has 0 saturated heterocycles. The molecule has 422 valence electrons. The Morgan fingerprint density at radius 1 is 0.429 bits per heavy atom. The van der Waals surface area contributed by atoms with Crippen LogP contribution in [0.4, 0.5) is 0 Å². The maximum Gasteiger partial charge on any atom is 0.261 e. The number of unbranched alkanes of at least 4 members (excludes halogenated alkanes) is 4. The summed E-state index contributed by atoms with van der Waals surface area (Å²) < 4.78 is 0. The molecule has 4 amide bonds. The van der Waals surface area contributed by atoms with Gasteiger partial charge in [0.25, 0.3) is 23.6 Å². The Bertz CT molecular complexity index is 2650. The molecule has 0 spiro atoms. The Kier molecular flexibility index (Phi) is 21.4. The lowest BCUT2D eigenvalue weighted by atomic mass is 9.98. The molecule has 12 heteroatoms. The Morgan fingerprint density at radius 3 is 1.00 bits per heavy atom. The van der Waals surface area contributed by atoms with Crippen molar-refractivity contribution in [3.63, 3.8) is 0 Å². The number of fused-ring (bicyclic) bond motifs is 2. The van der Waals surface area contributed by atoms with Crippen LogP contribution in [0.3, 0.4) is 0 Å². The summed E-state index contributed by atoms with van der Waals surface area (Å²) in [6, 6.07) is 10.7. The Morgan fingerprint density at radius 2 is 0.727 bits per heavy atom. The summed E-state index contributed by atoms with van der Waals surface area (Å²) in [5, 5.41) is 5.38. The van der Waals surface area contributed by atoms with Crippen LogP contribution in [-0.2, 0) is 19.2 Å². The molecule has 4 aliphatic rings. The van der Waals surface area contributed by atoms with Crippen molar-refractivity contribution in [2.75, 3.05) is 26.2 Å². The molecular weight excluding hydrogens is 1030 g/mol. The zero-order valence-electron chi connectivity index (χ0n) is 49.9. The highest BCUT2D eigenvalue weighted by Crippen LogP contribution is 2.54. The van der Waals surface area contributed by atoms with E-state index < -0.39 is 8.07 Å². The van der Waals surface area contributed by atoms with Gasteiger partial charge in [-0.2, -0.15) is 0 Å². The van der Waals surface area contributed by atoms with Crippen LogP contribution < -0.4 is 5.19 Å². The van der Waals surface area contributed by atoms with Crippen molar-refractivity contribution in [2.45, 2.75) is 216 Å². The van der Waals surface area contributed by atoms with Crippen molar-refractivity contribution in [1.82, 2.24) is 19.6 Å². The molecule has 3 aromatic rings. The molecule has 0 aromatic carbocycles. The van der Waals surface area contributed by atoms with E-state index in [4.69, 9.17) is 0 Å². The quantitative estimate of drug-likeness (QED) is 0.0583. The summed E-state index contributed by atoms with van der Waals surface area (Å²) in [5.41, 5.74) is 6.08. The first-order valence-electron chi connectivity index (χ1n) is 30.5. The maximum absolute atomic E-state index is 16.1. The van der Waals surface area contributed by atoms with Crippen LogP contribution in [0.15, 0.2) is 63.4 Å². The molecule has 4 atom stereocenters. The molecule has 0 radical (unpaired) electrons. The molecular formula is C65H96N4O4S3Si. The number of carbonyl (C=O) groups is 4. The van der Waals surface area contributed by atoms with Crippen molar-refractivity contribution < 1.29 is 19.2 Å². The van der Waals surface area contributed by atoms with Crippen molar-refractivity contribution in [2.24, 2.45) is 23.7 Å². The number of amides is 4. The Labute approximate surface area is 478 Å². The van der Waals surface area contributed by atoms with Crippen LogP contribution in [-0.4, -0.2) is 77.5 Å². The van der Waals surface area contributed by atoms with Gasteiger partial charge >= 0.3 is 0 Å². The van der Waals surface area contributed by atoms with Gasteiger partial charge in [-0.15, -0.1) is 34.0 Å². The Balaban J connectivity index is 1.61. The standard InChI is InChI=1S/C65H96N4O4S3Si/c1-15-23-29-45(19-5)38-66-57(49-33-27-35-74-49)53-54(63(66)71)59(68(62(53)70)40-47(21-7)31-25-17-3)51-37-52(77(42(9)10,43(11)12)44(13)14)61(76-51)60-56-55(64(72)69(60)41-48(22-8)32-26-18-4)58(50-34-28-36-75-50)67(65(56)73)39-46(20-6)30-24-16-2/h27-28,33-37,42-48H,15-26,29-32,38-41H2,1-14H3. The largest absolute Gasteiger partial charge is 0.306 e. The highest BCUT2D eigenvalue weighted by atomic mass is 32.1. The van der Waals surface area contributed by atoms with Crippen molar-refractivity contribution in [3.05, 3.63) is 82.9 Å². The fourth-order valence-corrected chi connectivity index (χ4v) is 24.3. The van der Waals surface area contributed by atoms with Crippen LogP contribution >= 0.6 is 34.0 Å². The molecule has 0 fully saturated rings. The maximum atomic E-state index is 16.1. The van der Waals surface area contributed by atoms with E-state index in [9.17, 15) is 0 Å². The molecule has 7 heterocycles. The normalized spacial score (nSPS) is 17.9. The van der Waals surface area contributed by atoms with Crippen molar-refractivity contribution in [3.8, 4) is 0 Å². The molecule has 77 heavy (non-hydrogen) atoms. The van der Waals surface area contributed by atoms with Crippen LogP contribution in [0.1, 0.15) is 219 Å². The summed E-state index contributed by atoms with van der Waals surface area (Å²) >= 11 is 4.87. The van der Waals surface area contributed by atoms with Crippen LogP contribution in [0.25, 0.3) is 22.8 Å². The predicted octanol–water partition coefficient (Wildman–Crippen LogP) is 17.2. The fraction of sp³-hybridized carbons (Fsp3) is 0.631. The minimum absolute atomic E-state index is 0.0694. The van der Waals surface area contributed by atoms with Crippen molar-refractivity contribution in [1.29, 1.82) is 0 Å². The third kappa shape index (κ3) is 11.7. The summed E-state index contributed by atoms with van der Waals surface area (Å²) in [5.74, 6) is 0.779. The van der Waals surface area contributed by atoms with E-state index in [1.54, 1.807) is 34.0 Å². The second kappa shape index (κ2) is 27.1. The van der Waals surface area contributed by atoms with Gasteiger partial charge in [-0.1, -0.05) is 186 Å². The zero-order chi connectivity index (χ0) is 55.9. The minimum Gasteiger partial charge on any atom is -0.306 e. The van der Waals surface area contributed by atoms with E-state index in [-0.39, 0.29) is 35.5 Å². The monoisotopic (exact) mass is 1120 g/mol. The molecule has 0 N–H and O–H groups in total. The minimum atomic E-state index is -2.66. The highest BCUT2D eigenvalue weighted by molar-refractivity contribution is 7.17. The van der Waals surface area contributed by atoms with E-state index in [0.717, 1.165) is 145 Å². The predicted molar refractivity (Wildman–Crippen MR) is 331 cm³/mol. The third-order valence-electron chi connectivity index (χ3n) is 18.3. The average Bonchev–Trinajstić information content (AvgIpc) is 4.48. The van der Waals surface area contributed by atoms with E-state index in [0.29, 0.717) is 76.9 Å². The first kappa shape index (κ1) is 60.8. The van der Waals surface area contributed by atoms with E-state index >= 15 is 19.2 Å². The molecule has 8 nitrogen and oxygen atoms in total. The number of thiophene rings is 3. The lowest BCUT2D eigenvalue weighted by molar-refractivity contribution is -0.124. The smallest absolute Gasteiger partial charge is 0.261 e. The molecule has 0 saturated carbocycles. The molecule has 3 aromatic heterocycles. The fourth-order valence-electron chi connectivity index (χ4n) is 14.0. The third-order valence-corrected chi connectivity index (χ3v) is 28.5. The topological polar surface area (TPSA) is 81.2 Å². The zero-order valence-corrected chi connectivity index (χ0v) is 53.3. The summed E-state index contributed by atoms with van der Waals surface area (Å²) in [6.45, 7) is 34.4. The first-order chi connectivity index (χ1) is 37.0. The van der Waals surface area contributed by atoms with Gasteiger partial charge in [0.2, 0.25) is 0 Å². The second-order valence-electron chi connectivity index (χ2n) is 23.9. The molecule has 0 aliphatic carbocycles. The lowest BCUT2D eigenvalue weighted by Crippen LogP contribution is -2.56. The van der Waals surface area contributed by atoms with Gasteiger partial charge in [0, 0.05) is 26.2 Å². The molecule has 7 rings (SSSR count). The molecule has 0 bridgehead atoms. The number of rotatable bonds is 32. The van der Waals surface area contributed by atoms with Gasteiger partial charge in [-0.3, -0.25) is 19.2 Å². The highest BCUT2D eigenvalue weighted by Gasteiger charge is 2.55. The van der Waals surface area contributed by atoms with E-state index in [1.165, 1.54) is 5.19 Å². The summed E-state index contributed by atoms with van der Waals surface area (Å²) in [4.78, 5) is 75.9. The molecule has 4 unspecified atom stereocenters. The van der Waals surface area contributed by atoms with Gasteiger partial charge in [0.1, 0.15) is 0 Å². The second-order valence-corrected chi connectivity index (χ2v) is 32.7. The van der Waals surface area contributed by atoms with Gasteiger partial charge in [-0.25, -0.2) is 0 Å². The van der Waals surface area contributed by atoms with Gasteiger partial charge < -0.3 is 19.6 Å². The van der Waals surface area contributed by atoms with Gasteiger partial charge in [-0.05, 0) is 100 Å². The number of carbonyl (C=O) groups excluding carboxylic acids is 4. The molecule has 4 aliphatic heterocycles. The Hall–Kier alpha value is -3.84. The van der Waals surface area contributed by atoms with Crippen LogP contribution in [0.5, 0.6) is 0 Å². The summed E-state index contributed by atoms with van der Waals surface area (Å²) in [6.07, 6.45) is 16.4.